The molecule has 0 aliphatic heterocycles. The zero-order valence-electron chi connectivity index (χ0n) is 15.2. The van der Waals surface area contributed by atoms with Crippen LogP contribution in [0.25, 0.3) is 0 Å². The number of carbonyl (C=O) groups excluding carboxylic acids is 2. The van der Waals surface area contributed by atoms with Crippen LogP contribution in [-0.4, -0.2) is 23.6 Å². The Balaban J connectivity index is 1.87. The van der Waals surface area contributed by atoms with Gasteiger partial charge in [0.1, 0.15) is 11.7 Å². The summed E-state index contributed by atoms with van der Waals surface area (Å²) in [6, 6.07) is 0. The average molecular weight is 324 g/mol. The lowest BCUT2D eigenvalue weighted by Gasteiger charge is -2.32. The Morgan fingerprint density at radius 1 is 1.13 bits per heavy atom. The minimum absolute atomic E-state index is 0.0927. The van der Waals surface area contributed by atoms with Gasteiger partial charge >= 0.3 is 11.9 Å². The molecular weight excluding hydrogens is 292 g/mol. The minimum Gasteiger partial charge on any atom is -0.462 e. The van der Waals surface area contributed by atoms with Gasteiger partial charge < -0.3 is 9.47 Å². The third-order valence-electron chi connectivity index (χ3n) is 5.68. The Hall–Kier alpha value is -1.06. The molecule has 0 saturated heterocycles. The van der Waals surface area contributed by atoms with E-state index in [1.807, 2.05) is 27.7 Å². The SMILES string of the molecule is CCC(C)(C)C(=O)OC1CCCC(C(=O)OC2(C)CCCC2)C1. The van der Waals surface area contributed by atoms with Crippen LogP contribution in [0.1, 0.15) is 85.5 Å². The summed E-state index contributed by atoms with van der Waals surface area (Å²) >= 11 is 0. The second kappa shape index (κ2) is 7.23. The van der Waals surface area contributed by atoms with Gasteiger partial charge in [-0.05, 0) is 78.6 Å². The second-order valence-corrected chi connectivity index (χ2v) is 8.21. The van der Waals surface area contributed by atoms with E-state index in [0.717, 1.165) is 51.4 Å². The molecule has 0 aromatic rings. The van der Waals surface area contributed by atoms with Gasteiger partial charge in [0.2, 0.25) is 0 Å². The van der Waals surface area contributed by atoms with Gasteiger partial charge in [-0.25, -0.2) is 0 Å². The molecule has 0 spiro atoms. The van der Waals surface area contributed by atoms with Crippen LogP contribution in [0, 0.1) is 11.3 Å². The molecule has 2 fully saturated rings. The van der Waals surface area contributed by atoms with Crippen molar-refractivity contribution in [2.24, 2.45) is 11.3 Å². The third kappa shape index (κ3) is 4.71. The number of ether oxygens (including phenoxy) is 2. The van der Waals surface area contributed by atoms with Crippen molar-refractivity contribution in [3.63, 3.8) is 0 Å². The molecule has 2 saturated carbocycles. The topological polar surface area (TPSA) is 52.6 Å². The van der Waals surface area contributed by atoms with Gasteiger partial charge in [-0.3, -0.25) is 9.59 Å². The fourth-order valence-corrected chi connectivity index (χ4v) is 3.47. The molecule has 2 atom stereocenters. The Morgan fingerprint density at radius 3 is 2.39 bits per heavy atom. The standard InChI is InChI=1S/C19H32O4/c1-5-18(2,3)17(21)22-15-10-8-9-14(13-15)16(20)23-19(4)11-6-7-12-19/h14-15H,5-13H2,1-4H3. The van der Waals surface area contributed by atoms with Crippen molar-refractivity contribution in [3.05, 3.63) is 0 Å². The van der Waals surface area contributed by atoms with Crippen LogP contribution in [0.2, 0.25) is 0 Å². The van der Waals surface area contributed by atoms with Gasteiger partial charge in [-0.2, -0.15) is 0 Å². The van der Waals surface area contributed by atoms with E-state index in [1.54, 1.807) is 0 Å². The molecular formula is C19H32O4. The van der Waals surface area contributed by atoms with Crippen molar-refractivity contribution < 1.29 is 19.1 Å². The predicted octanol–water partition coefficient (Wildman–Crippen LogP) is 4.40. The highest BCUT2D eigenvalue weighted by atomic mass is 16.6. The molecule has 0 N–H and O–H groups in total. The molecule has 0 heterocycles. The van der Waals surface area contributed by atoms with Crippen LogP contribution in [0.4, 0.5) is 0 Å². The Kier molecular flexibility index (Phi) is 5.74. The smallest absolute Gasteiger partial charge is 0.311 e. The molecule has 0 aromatic heterocycles. The summed E-state index contributed by atoms with van der Waals surface area (Å²) in [6.45, 7) is 7.85. The average Bonchev–Trinajstić information content (AvgIpc) is 2.93. The van der Waals surface area contributed by atoms with E-state index >= 15 is 0 Å². The zero-order chi connectivity index (χ0) is 17.1. The van der Waals surface area contributed by atoms with Crippen LogP contribution >= 0.6 is 0 Å². The van der Waals surface area contributed by atoms with E-state index in [2.05, 4.69) is 0 Å². The summed E-state index contributed by atoms with van der Waals surface area (Å²) in [5.74, 6) is -0.365. The number of carbonyl (C=O) groups is 2. The van der Waals surface area contributed by atoms with Crippen molar-refractivity contribution in [3.8, 4) is 0 Å². The summed E-state index contributed by atoms with van der Waals surface area (Å²) in [5, 5.41) is 0. The van der Waals surface area contributed by atoms with Crippen LogP contribution in [0.5, 0.6) is 0 Å². The highest BCUT2D eigenvalue weighted by Crippen LogP contribution is 2.36. The minimum atomic E-state index is -0.454. The van der Waals surface area contributed by atoms with Gasteiger partial charge in [-0.15, -0.1) is 0 Å². The molecule has 2 aliphatic rings. The molecule has 0 bridgehead atoms. The fourth-order valence-electron chi connectivity index (χ4n) is 3.47. The van der Waals surface area contributed by atoms with E-state index in [4.69, 9.17) is 9.47 Å². The predicted molar refractivity (Wildman–Crippen MR) is 88.9 cm³/mol. The quantitative estimate of drug-likeness (QED) is 0.703. The first kappa shape index (κ1) is 18.3. The van der Waals surface area contributed by atoms with Gasteiger partial charge in [0.15, 0.2) is 0 Å². The maximum atomic E-state index is 12.5. The molecule has 2 unspecified atom stereocenters. The van der Waals surface area contributed by atoms with E-state index in [-0.39, 0.29) is 29.6 Å². The van der Waals surface area contributed by atoms with Crippen molar-refractivity contribution >= 4 is 11.9 Å². The van der Waals surface area contributed by atoms with Crippen LogP contribution in [-0.2, 0) is 19.1 Å². The van der Waals surface area contributed by atoms with Crippen LogP contribution in [0.15, 0.2) is 0 Å². The first-order valence-electron chi connectivity index (χ1n) is 9.20. The van der Waals surface area contributed by atoms with E-state index < -0.39 is 5.41 Å². The van der Waals surface area contributed by atoms with Crippen molar-refractivity contribution in [1.82, 2.24) is 0 Å². The Bertz CT molecular complexity index is 435. The van der Waals surface area contributed by atoms with Crippen molar-refractivity contribution in [2.75, 3.05) is 0 Å². The Morgan fingerprint density at radius 2 is 1.78 bits per heavy atom. The molecule has 4 nitrogen and oxygen atoms in total. The van der Waals surface area contributed by atoms with E-state index in [1.165, 1.54) is 0 Å². The summed E-state index contributed by atoms with van der Waals surface area (Å²) in [5.41, 5.74) is -0.727. The largest absolute Gasteiger partial charge is 0.462 e. The van der Waals surface area contributed by atoms with Crippen LogP contribution in [0.3, 0.4) is 0 Å². The molecule has 0 aromatic carbocycles. The third-order valence-corrected chi connectivity index (χ3v) is 5.68. The molecule has 0 amide bonds. The lowest BCUT2D eigenvalue weighted by atomic mass is 9.86. The maximum Gasteiger partial charge on any atom is 0.311 e. The van der Waals surface area contributed by atoms with Gasteiger partial charge in [-0.1, -0.05) is 6.92 Å². The highest BCUT2D eigenvalue weighted by Gasteiger charge is 2.38. The first-order chi connectivity index (χ1) is 10.8. The van der Waals surface area contributed by atoms with Gasteiger partial charge in [0.25, 0.3) is 0 Å². The molecule has 132 valence electrons. The second-order valence-electron chi connectivity index (χ2n) is 8.21. The molecule has 4 heteroatoms. The molecule has 2 aliphatic carbocycles. The number of esters is 2. The summed E-state index contributed by atoms with van der Waals surface area (Å²) in [7, 11) is 0. The monoisotopic (exact) mass is 324 g/mol. The van der Waals surface area contributed by atoms with Gasteiger partial charge in [0, 0.05) is 0 Å². The lowest BCUT2D eigenvalue weighted by molar-refractivity contribution is -0.171. The molecule has 0 radical (unpaired) electrons. The molecule has 23 heavy (non-hydrogen) atoms. The zero-order valence-corrected chi connectivity index (χ0v) is 15.2. The van der Waals surface area contributed by atoms with E-state index in [9.17, 15) is 9.59 Å². The fraction of sp³-hybridized carbons (Fsp3) is 0.895. The van der Waals surface area contributed by atoms with E-state index in [0.29, 0.717) is 6.42 Å². The maximum absolute atomic E-state index is 12.5. The van der Waals surface area contributed by atoms with Crippen LogP contribution < -0.4 is 0 Å². The Labute approximate surface area is 140 Å². The highest BCUT2D eigenvalue weighted by molar-refractivity contribution is 5.76. The normalized spacial score (nSPS) is 27.5. The number of rotatable bonds is 5. The number of hydrogen-bond donors (Lipinski definition) is 0. The number of hydrogen-bond acceptors (Lipinski definition) is 4. The summed E-state index contributed by atoms with van der Waals surface area (Å²) in [6.07, 6.45) is 8.05. The van der Waals surface area contributed by atoms with Crippen molar-refractivity contribution in [1.29, 1.82) is 0 Å². The summed E-state index contributed by atoms with van der Waals surface area (Å²) < 4.78 is 11.5. The van der Waals surface area contributed by atoms with Gasteiger partial charge in [0.05, 0.1) is 11.3 Å². The molecule has 2 rings (SSSR count). The lowest BCUT2D eigenvalue weighted by Crippen LogP contribution is -2.37. The van der Waals surface area contributed by atoms with Crippen molar-refractivity contribution in [2.45, 2.75) is 97.2 Å². The summed E-state index contributed by atoms with van der Waals surface area (Å²) in [4.78, 5) is 24.7. The first-order valence-corrected chi connectivity index (χ1v) is 9.20.